The van der Waals surface area contributed by atoms with Crippen molar-refractivity contribution >= 4 is 38.8 Å². The molecule has 0 atom stereocenters. The van der Waals surface area contributed by atoms with E-state index < -0.39 is 0 Å². The zero-order chi connectivity index (χ0) is 18.3. The highest BCUT2D eigenvalue weighted by atomic mass is 35.5. The number of aromatic nitrogens is 4. The van der Waals surface area contributed by atoms with Crippen molar-refractivity contribution in [2.45, 2.75) is 13.5 Å². The molecule has 3 aromatic heterocycles. The number of hydrogen-bond donors (Lipinski definition) is 1. The van der Waals surface area contributed by atoms with Gasteiger partial charge in [-0.3, -0.25) is 14.3 Å². The Morgan fingerprint density at radius 3 is 2.85 bits per heavy atom. The van der Waals surface area contributed by atoms with Gasteiger partial charge in [0.25, 0.3) is 0 Å². The fraction of sp³-hybridized carbons (Fsp3) is 0.111. The molecule has 4 rings (SSSR count). The van der Waals surface area contributed by atoms with E-state index in [4.69, 9.17) is 17.3 Å². The summed E-state index contributed by atoms with van der Waals surface area (Å²) >= 11 is 7.73. The van der Waals surface area contributed by atoms with E-state index in [9.17, 15) is 4.79 Å². The number of nitrogens with two attached hydrogens (primary N) is 1. The third-order valence-electron chi connectivity index (χ3n) is 4.10. The first kappa shape index (κ1) is 16.8. The van der Waals surface area contributed by atoms with Crippen LogP contribution in [0.5, 0.6) is 0 Å². The van der Waals surface area contributed by atoms with Crippen molar-refractivity contribution in [2.24, 2.45) is 5.73 Å². The molecule has 0 spiro atoms. The molecule has 0 aliphatic heterocycles. The number of aryl methyl sites for hydroxylation is 1. The van der Waals surface area contributed by atoms with Crippen LogP contribution in [0.2, 0.25) is 5.02 Å². The lowest BCUT2D eigenvalue weighted by atomic mass is 10.0. The minimum absolute atomic E-state index is 0.154. The van der Waals surface area contributed by atoms with Crippen LogP contribution in [0.25, 0.3) is 15.1 Å². The maximum atomic E-state index is 13.4. The second-order valence-electron chi connectivity index (χ2n) is 5.67. The lowest BCUT2D eigenvalue weighted by Gasteiger charge is -2.09. The second kappa shape index (κ2) is 6.60. The lowest BCUT2D eigenvalue weighted by Crippen LogP contribution is -2.11. The minimum atomic E-state index is -0.154. The molecule has 0 bridgehead atoms. The summed E-state index contributed by atoms with van der Waals surface area (Å²) in [5.41, 5.74) is 6.82. The predicted octanol–water partition coefficient (Wildman–Crippen LogP) is 3.53. The van der Waals surface area contributed by atoms with E-state index in [0.29, 0.717) is 27.8 Å². The Balaban J connectivity index is 2.04. The van der Waals surface area contributed by atoms with Crippen LogP contribution in [-0.2, 0) is 6.54 Å². The number of rotatable bonds is 4. The van der Waals surface area contributed by atoms with Crippen molar-refractivity contribution in [3.63, 3.8) is 0 Å². The van der Waals surface area contributed by atoms with Crippen LogP contribution < -0.4 is 5.73 Å². The number of thiophene rings is 1. The third-order valence-corrected chi connectivity index (χ3v) is 5.55. The number of ketones is 1. The zero-order valence-electron chi connectivity index (χ0n) is 13.8. The molecular formula is C18H14ClN5OS. The van der Waals surface area contributed by atoms with Gasteiger partial charge < -0.3 is 5.73 Å². The van der Waals surface area contributed by atoms with Gasteiger partial charge in [0.2, 0.25) is 0 Å². The zero-order valence-corrected chi connectivity index (χ0v) is 15.4. The van der Waals surface area contributed by atoms with E-state index in [1.165, 1.54) is 11.3 Å². The van der Waals surface area contributed by atoms with Crippen LogP contribution >= 0.6 is 22.9 Å². The number of halogens is 1. The molecule has 2 N–H and O–H groups in total. The predicted molar refractivity (Wildman–Crippen MR) is 102 cm³/mol. The van der Waals surface area contributed by atoms with Gasteiger partial charge in [-0.1, -0.05) is 23.7 Å². The highest BCUT2D eigenvalue weighted by Crippen LogP contribution is 2.37. The van der Waals surface area contributed by atoms with Crippen molar-refractivity contribution in [1.29, 1.82) is 0 Å². The average molecular weight is 384 g/mol. The number of pyridine rings is 1. The molecular weight excluding hydrogens is 370 g/mol. The maximum Gasteiger partial charge on any atom is 0.198 e. The van der Waals surface area contributed by atoms with Crippen molar-refractivity contribution in [2.75, 3.05) is 0 Å². The summed E-state index contributed by atoms with van der Waals surface area (Å²) in [5.74, 6) is 1.10. The number of carbonyl (C=O) groups is 1. The lowest BCUT2D eigenvalue weighted by molar-refractivity contribution is 0.104. The quantitative estimate of drug-likeness (QED) is 0.545. The largest absolute Gasteiger partial charge is 0.324 e. The molecule has 3 heterocycles. The molecule has 26 heavy (non-hydrogen) atoms. The second-order valence-corrected chi connectivity index (χ2v) is 7.10. The van der Waals surface area contributed by atoms with Crippen LogP contribution in [0, 0.1) is 6.92 Å². The molecule has 0 aliphatic rings. The topological polar surface area (TPSA) is 86.7 Å². The molecule has 130 valence electrons. The number of nitrogens with zero attached hydrogens (tertiary/aromatic N) is 4. The normalized spacial score (nSPS) is 11.2. The number of benzene rings is 1. The Bertz CT molecular complexity index is 1130. The van der Waals surface area contributed by atoms with Crippen LogP contribution in [0.15, 0.2) is 42.7 Å². The molecule has 0 aliphatic carbocycles. The molecule has 0 saturated heterocycles. The van der Waals surface area contributed by atoms with E-state index in [2.05, 4.69) is 15.2 Å². The third kappa shape index (κ3) is 2.61. The van der Waals surface area contributed by atoms with E-state index >= 15 is 0 Å². The standard InChI is InChI=1S/C18H14ClN5OS/c1-10-22-23-15(8-20)24(10)18-16(12-6-7-21-9-14(12)26-18)17(25)11-4-2-3-5-13(11)19/h2-7,9H,8,20H2,1H3. The molecule has 0 amide bonds. The van der Waals surface area contributed by atoms with E-state index in [0.717, 1.165) is 15.1 Å². The van der Waals surface area contributed by atoms with Gasteiger partial charge in [0.15, 0.2) is 11.6 Å². The van der Waals surface area contributed by atoms with Crippen LogP contribution in [0.4, 0.5) is 0 Å². The van der Waals surface area contributed by atoms with Gasteiger partial charge in [-0.15, -0.1) is 21.5 Å². The summed E-state index contributed by atoms with van der Waals surface area (Å²) in [4.78, 5) is 17.6. The molecule has 8 heteroatoms. The summed E-state index contributed by atoms with van der Waals surface area (Å²) < 4.78 is 2.73. The molecule has 0 radical (unpaired) electrons. The Labute approximate surface area is 158 Å². The first-order valence-electron chi connectivity index (χ1n) is 7.89. The average Bonchev–Trinajstić information content (AvgIpc) is 3.21. The van der Waals surface area contributed by atoms with Gasteiger partial charge in [0.05, 0.1) is 21.8 Å². The van der Waals surface area contributed by atoms with E-state index in [-0.39, 0.29) is 12.3 Å². The highest BCUT2D eigenvalue weighted by molar-refractivity contribution is 7.22. The van der Waals surface area contributed by atoms with E-state index in [1.54, 1.807) is 36.7 Å². The molecule has 6 nitrogen and oxygen atoms in total. The van der Waals surface area contributed by atoms with Crippen LogP contribution in [0.3, 0.4) is 0 Å². The number of carbonyl (C=O) groups excluding carboxylic acids is 1. The van der Waals surface area contributed by atoms with E-state index in [1.807, 2.05) is 17.6 Å². The van der Waals surface area contributed by atoms with Crippen molar-refractivity contribution < 1.29 is 4.79 Å². The Morgan fingerprint density at radius 1 is 1.27 bits per heavy atom. The Kier molecular flexibility index (Phi) is 4.28. The van der Waals surface area contributed by atoms with Crippen molar-refractivity contribution in [1.82, 2.24) is 19.7 Å². The SMILES string of the molecule is Cc1nnc(CN)n1-c1sc2cnccc2c1C(=O)c1ccccc1Cl. The molecule has 4 aromatic rings. The smallest absolute Gasteiger partial charge is 0.198 e. The highest BCUT2D eigenvalue weighted by Gasteiger charge is 2.25. The van der Waals surface area contributed by atoms with Crippen LogP contribution in [-0.4, -0.2) is 25.5 Å². The fourth-order valence-electron chi connectivity index (χ4n) is 2.90. The fourth-order valence-corrected chi connectivity index (χ4v) is 4.35. The minimum Gasteiger partial charge on any atom is -0.324 e. The summed E-state index contributed by atoms with van der Waals surface area (Å²) in [6.45, 7) is 2.05. The molecule has 1 aromatic carbocycles. The van der Waals surface area contributed by atoms with Crippen molar-refractivity contribution in [3.8, 4) is 5.00 Å². The summed E-state index contributed by atoms with van der Waals surface area (Å²) in [7, 11) is 0. The Morgan fingerprint density at radius 2 is 2.08 bits per heavy atom. The molecule has 0 saturated carbocycles. The summed E-state index contributed by atoms with van der Waals surface area (Å²) in [5, 5.41) is 10.2. The van der Waals surface area contributed by atoms with Gasteiger partial charge in [-0.05, 0) is 25.1 Å². The van der Waals surface area contributed by atoms with Gasteiger partial charge in [-0.2, -0.15) is 0 Å². The summed E-state index contributed by atoms with van der Waals surface area (Å²) in [6, 6.07) is 8.86. The van der Waals surface area contributed by atoms with Gasteiger partial charge >= 0.3 is 0 Å². The first-order valence-corrected chi connectivity index (χ1v) is 9.08. The molecule has 0 fully saturated rings. The van der Waals surface area contributed by atoms with Crippen LogP contribution in [0.1, 0.15) is 27.6 Å². The first-order chi connectivity index (χ1) is 12.6. The van der Waals surface area contributed by atoms with Gasteiger partial charge in [-0.25, -0.2) is 0 Å². The monoisotopic (exact) mass is 383 g/mol. The summed E-state index contributed by atoms with van der Waals surface area (Å²) in [6.07, 6.45) is 3.42. The number of hydrogen-bond acceptors (Lipinski definition) is 6. The Hall–Kier alpha value is -2.61. The number of fused-ring (bicyclic) bond motifs is 1. The van der Waals surface area contributed by atoms with Crippen molar-refractivity contribution in [3.05, 3.63) is 70.5 Å². The molecule has 0 unspecified atom stereocenters. The maximum absolute atomic E-state index is 13.4. The van der Waals surface area contributed by atoms with Gasteiger partial charge in [0.1, 0.15) is 10.8 Å². The van der Waals surface area contributed by atoms with Gasteiger partial charge in [0, 0.05) is 23.3 Å².